The van der Waals surface area contributed by atoms with Crippen LogP contribution in [-0.2, 0) is 4.79 Å². The molecule has 0 saturated carbocycles. The number of nitrogens with one attached hydrogen (secondary N) is 1. The normalized spacial score (nSPS) is 10.6. The first kappa shape index (κ1) is 20.3. The Morgan fingerprint density at radius 3 is 1.90 bits per heavy atom. The highest BCUT2D eigenvalue weighted by molar-refractivity contribution is 5.94. The van der Waals surface area contributed by atoms with Gasteiger partial charge in [0.1, 0.15) is 5.75 Å². The molecule has 29 heavy (non-hydrogen) atoms. The Morgan fingerprint density at radius 1 is 0.828 bits per heavy atom. The highest BCUT2D eigenvalue weighted by atomic mass is 16.5. The number of Topliss-reactive ketones (excluding diaryl/α,β-unsaturated/α-hetero) is 1. The van der Waals surface area contributed by atoms with Gasteiger partial charge in [-0.3, -0.25) is 9.59 Å². The van der Waals surface area contributed by atoms with Crippen molar-refractivity contribution in [2.24, 2.45) is 0 Å². The highest BCUT2D eigenvalue weighted by Gasteiger charge is 2.14. The van der Waals surface area contributed by atoms with Crippen molar-refractivity contribution >= 4 is 11.7 Å². The van der Waals surface area contributed by atoms with Crippen LogP contribution in [0.4, 0.5) is 0 Å². The summed E-state index contributed by atoms with van der Waals surface area (Å²) in [5.74, 6) is 0.621. The lowest BCUT2D eigenvalue weighted by Gasteiger charge is -2.18. The van der Waals surface area contributed by atoms with Crippen LogP contribution in [0.1, 0.15) is 40.7 Å². The predicted octanol–water partition coefficient (Wildman–Crippen LogP) is 4.61. The average Bonchev–Trinajstić information content (AvgIpc) is 2.77. The molecule has 3 rings (SSSR count). The van der Waals surface area contributed by atoms with Gasteiger partial charge in [-0.2, -0.15) is 0 Å². The largest absolute Gasteiger partial charge is 0.484 e. The molecule has 3 aromatic rings. The zero-order valence-corrected chi connectivity index (χ0v) is 16.5. The zero-order valence-electron chi connectivity index (χ0n) is 16.5. The number of rotatable bonds is 9. The second-order valence-corrected chi connectivity index (χ2v) is 6.88. The Hall–Kier alpha value is -3.40. The van der Waals surface area contributed by atoms with Crippen LogP contribution < -0.4 is 10.1 Å². The number of amides is 1. The van der Waals surface area contributed by atoms with E-state index in [1.807, 2.05) is 36.4 Å². The van der Waals surface area contributed by atoms with Crippen LogP contribution in [0, 0.1) is 0 Å². The van der Waals surface area contributed by atoms with E-state index in [1.54, 1.807) is 24.3 Å². The number of carbonyl (C=O) groups is 2. The maximum Gasteiger partial charge on any atom is 0.257 e. The van der Waals surface area contributed by atoms with Crippen molar-refractivity contribution in [3.05, 3.63) is 102 Å². The van der Waals surface area contributed by atoms with Gasteiger partial charge in [-0.25, -0.2) is 0 Å². The monoisotopic (exact) mass is 387 g/mol. The maximum atomic E-state index is 12.2. The molecule has 0 saturated heterocycles. The molecule has 0 atom stereocenters. The summed E-state index contributed by atoms with van der Waals surface area (Å²) in [7, 11) is 0. The number of hydrogen-bond acceptors (Lipinski definition) is 3. The summed E-state index contributed by atoms with van der Waals surface area (Å²) in [6.45, 7) is 2.02. The Balaban J connectivity index is 1.51. The van der Waals surface area contributed by atoms with Crippen molar-refractivity contribution < 1.29 is 14.3 Å². The van der Waals surface area contributed by atoms with E-state index in [-0.39, 0.29) is 24.2 Å². The molecule has 0 fully saturated rings. The summed E-state index contributed by atoms with van der Waals surface area (Å²) in [5.41, 5.74) is 3.08. The van der Waals surface area contributed by atoms with Crippen LogP contribution in [0.2, 0.25) is 0 Å². The van der Waals surface area contributed by atoms with Gasteiger partial charge in [-0.05, 0) is 48.7 Å². The molecule has 0 aliphatic heterocycles. The van der Waals surface area contributed by atoms with Gasteiger partial charge in [0.05, 0.1) is 0 Å². The minimum absolute atomic E-state index is 0.000629. The minimum Gasteiger partial charge on any atom is -0.484 e. The summed E-state index contributed by atoms with van der Waals surface area (Å²) in [5, 5.41) is 2.93. The second kappa shape index (κ2) is 10.2. The Labute approximate surface area is 171 Å². The van der Waals surface area contributed by atoms with Gasteiger partial charge < -0.3 is 10.1 Å². The lowest BCUT2D eigenvalue weighted by molar-refractivity contribution is -0.123. The van der Waals surface area contributed by atoms with Gasteiger partial charge in [-0.1, -0.05) is 60.7 Å². The Kier molecular flexibility index (Phi) is 7.17. The van der Waals surface area contributed by atoms with Crippen molar-refractivity contribution in [2.75, 3.05) is 13.2 Å². The van der Waals surface area contributed by atoms with E-state index in [0.717, 1.165) is 6.42 Å². The molecular weight excluding hydrogens is 362 g/mol. The minimum atomic E-state index is -0.166. The van der Waals surface area contributed by atoms with Crippen molar-refractivity contribution in [3.63, 3.8) is 0 Å². The van der Waals surface area contributed by atoms with E-state index in [2.05, 4.69) is 29.6 Å². The lowest BCUT2D eigenvalue weighted by Crippen LogP contribution is -2.30. The number of ketones is 1. The van der Waals surface area contributed by atoms with Crippen molar-refractivity contribution in [1.82, 2.24) is 5.32 Å². The fraction of sp³-hybridized carbons (Fsp3) is 0.200. The molecule has 1 N–H and O–H groups in total. The third-order valence-corrected chi connectivity index (χ3v) is 4.79. The molecule has 0 aliphatic rings. The van der Waals surface area contributed by atoms with Gasteiger partial charge in [0.25, 0.3) is 5.91 Å². The molecule has 0 radical (unpaired) electrons. The van der Waals surface area contributed by atoms with Gasteiger partial charge >= 0.3 is 0 Å². The molecule has 1 amide bonds. The number of benzene rings is 3. The van der Waals surface area contributed by atoms with Crippen molar-refractivity contribution in [1.29, 1.82) is 0 Å². The van der Waals surface area contributed by atoms with Crippen molar-refractivity contribution in [3.8, 4) is 5.75 Å². The average molecular weight is 387 g/mol. The van der Waals surface area contributed by atoms with Gasteiger partial charge in [0.2, 0.25) is 0 Å². The van der Waals surface area contributed by atoms with Crippen LogP contribution >= 0.6 is 0 Å². The zero-order chi connectivity index (χ0) is 20.5. The van der Waals surface area contributed by atoms with E-state index < -0.39 is 0 Å². The first-order chi connectivity index (χ1) is 14.1. The topological polar surface area (TPSA) is 55.4 Å². The lowest BCUT2D eigenvalue weighted by atomic mass is 9.88. The van der Waals surface area contributed by atoms with E-state index in [0.29, 0.717) is 17.9 Å². The van der Waals surface area contributed by atoms with Gasteiger partial charge in [0, 0.05) is 18.0 Å². The van der Waals surface area contributed by atoms with Crippen LogP contribution in [0.25, 0.3) is 0 Å². The van der Waals surface area contributed by atoms with Crippen LogP contribution in [0.5, 0.6) is 5.75 Å². The fourth-order valence-electron chi connectivity index (χ4n) is 3.24. The summed E-state index contributed by atoms with van der Waals surface area (Å²) in [6, 6.07) is 27.4. The van der Waals surface area contributed by atoms with Crippen molar-refractivity contribution in [2.45, 2.75) is 19.3 Å². The van der Waals surface area contributed by atoms with E-state index in [4.69, 9.17) is 4.74 Å². The Bertz CT molecular complexity index is 882. The fourth-order valence-corrected chi connectivity index (χ4v) is 3.24. The molecule has 0 heterocycles. The Morgan fingerprint density at radius 2 is 1.38 bits per heavy atom. The SMILES string of the molecule is CC(=O)c1ccc(OCC(=O)NCCC(c2ccccc2)c2ccccc2)cc1. The summed E-state index contributed by atoms with van der Waals surface area (Å²) in [6.07, 6.45) is 0.799. The molecule has 0 aromatic heterocycles. The third-order valence-electron chi connectivity index (χ3n) is 4.79. The number of ether oxygens (including phenoxy) is 1. The standard InChI is InChI=1S/C25H25NO3/c1-19(27)20-12-14-23(15-13-20)29-18-25(28)26-17-16-24(21-8-4-2-5-9-21)22-10-6-3-7-11-22/h2-15,24H,16-18H2,1H3,(H,26,28). The molecule has 4 heteroatoms. The summed E-state index contributed by atoms with van der Waals surface area (Å²) >= 11 is 0. The molecule has 0 bridgehead atoms. The van der Waals surface area contributed by atoms with Crippen LogP contribution in [0.15, 0.2) is 84.9 Å². The third kappa shape index (κ3) is 6.04. The highest BCUT2D eigenvalue weighted by Crippen LogP contribution is 2.27. The molecule has 148 valence electrons. The first-order valence-corrected chi connectivity index (χ1v) is 9.74. The van der Waals surface area contributed by atoms with E-state index in [1.165, 1.54) is 18.1 Å². The maximum absolute atomic E-state index is 12.2. The molecule has 3 aromatic carbocycles. The molecule has 0 aliphatic carbocycles. The molecular formula is C25H25NO3. The van der Waals surface area contributed by atoms with E-state index >= 15 is 0 Å². The first-order valence-electron chi connectivity index (χ1n) is 9.74. The smallest absolute Gasteiger partial charge is 0.257 e. The predicted molar refractivity (Wildman–Crippen MR) is 114 cm³/mol. The quantitative estimate of drug-likeness (QED) is 0.546. The van der Waals surface area contributed by atoms with Gasteiger partial charge in [0.15, 0.2) is 12.4 Å². The summed E-state index contributed by atoms with van der Waals surface area (Å²) in [4.78, 5) is 23.5. The molecule has 4 nitrogen and oxygen atoms in total. The van der Waals surface area contributed by atoms with E-state index in [9.17, 15) is 9.59 Å². The van der Waals surface area contributed by atoms with Crippen LogP contribution in [0.3, 0.4) is 0 Å². The second-order valence-electron chi connectivity index (χ2n) is 6.88. The number of carbonyl (C=O) groups excluding carboxylic acids is 2. The summed E-state index contributed by atoms with van der Waals surface area (Å²) < 4.78 is 5.51. The van der Waals surface area contributed by atoms with Gasteiger partial charge in [-0.15, -0.1) is 0 Å². The molecule has 0 spiro atoms. The van der Waals surface area contributed by atoms with Crippen LogP contribution in [-0.4, -0.2) is 24.8 Å². The number of hydrogen-bond donors (Lipinski definition) is 1. The molecule has 0 unspecified atom stereocenters.